The number of anilines is 1. The molecule has 1 aromatic rings. The van der Waals surface area contributed by atoms with Crippen LogP contribution in [0.2, 0.25) is 0 Å². The molecule has 1 aliphatic rings. The van der Waals surface area contributed by atoms with Gasteiger partial charge in [0.25, 0.3) is 0 Å². The molecule has 2 rings (SSSR count). The molecule has 0 radical (unpaired) electrons. The third kappa shape index (κ3) is 3.69. The Morgan fingerprint density at radius 1 is 1.14 bits per heavy atom. The van der Waals surface area contributed by atoms with E-state index in [1.165, 1.54) is 13.5 Å². The maximum absolute atomic E-state index is 11.9. The number of nitrogens with one attached hydrogen (secondary N) is 2. The summed E-state index contributed by atoms with van der Waals surface area (Å²) in [4.78, 5) is 23.7. The molecule has 0 aromatic heterocycles. The first kappa shape index (κ1) is 16.1. The number of hydrogen-bond acceptors (Lipinski definition) is 4. The highest BCUT2D eigenvalue weighted by Gasteiger charge is 2.21. The molecule has 1 aliphatic carbocycles. The predicted molar refractivity (Wildman–Crippen MR) is 83.3 cm³/mol. The molecule has 0 bridgehead atoms. The SMILES string of the molecule is COc1cc(C)c(NC(=O)C(=O)NCC2CCC2)cc1OC. The van der Waals surface area contributed by atoms with Crippen molar-refractivity contribution < 1.29 is 19.1 Å². The van der Waals surface area contributed by atoms with Crippen molar-refractivity contribution in [2.45, 2.75) is 26.2 Å². The van der Waals surface area contributed by atoms with Crippen molar-refractivity contribution in [3.8, 4) is 11.5 Å². The molecule has 0 aliphatic heterocycles. The van der Waals surface area contributed by atoms with E-state index < -0.39 is 11.8 Å². The second kappa shape index (κ2) is 7.15. The molecular formula is C16H22N2O4. The second-order valence-electron chi connectivity index (χ2n) is 5.48. The van der Waals surface area contributed by atoms with Gasteiger partial charge in [0.05, 0.1) is 14.2 Å². The third-order valence-corrected chi connectivity index (χ3v) is 3.96. The minimum Gasteiger partial charge on any atom is -0.493 e. The number of carbonyl (C=O) groups excluding carboxylic acids is 2. The zero-order valence-electron chi connectivity index (χ0n) is 13.2. The molecule has 0 unspecified atom stereocenters. The molecule has 22 heavy (non-hydrogen) atoms. The molecule has 1 aromatic carbocycles. The number of rotatable bonds is 5. The Kier molecular flexibility index (Phi) is 5.25. The van der Waals surface area contributed by atoms with Crippen LogP contribution < -0.4 is 20.1 Å². The van der Waals surface area contributed by atoms with Crippen LogP contribution in [-0.2, 0) is 9.59 Å². The van der Waals surface area contributed by atoms with Crippen molar-refractivity contribution >= 4 is 17.5 Å². The summed E-state index contributed by atoms with van der Waals surface area (Å²) in [5.41, 5.74) is 1.32. The zero-order valence-corrected chi connectivity index (χ0v) is 13.2. The molecule has 2 N–H and O–H groups in total. The van der Waals surface area contributed by atoms with Gasteiger partial charge in [0.1, 0.15) is 0 Å². The maximum atomic E-state index is 11.9. The first-order valence-corrected chi connectivity index (χ1v) is 7.37. The Morgan fingerprint density at radius 2 is 1.77 bits per heavy atom. The molecule has 1 saturated carbocycles. The molecule has 6 nitrogen and oxygen atoms in total. The van der Waals surface area contributed by atoms with Crippen LogP contribution in [0.15, 0.2) is 12.1 Å². The van der Waals surface area contributed by atoms with Crippen LogP contribution in [0.4, 0.5) is 5.69 Å². The van der Waals surface area contributed by atoms with Gasteiger partial charge >= 0.3 is 11.8 Å². The highest BCUT2D eigenvalue weighted by molar-refractivity contribution is 6.39. The lowest BCUT2D eigenvalue weighted by molar-refractivity contribution is -0.136. The first-order chi connectivity index (χ1) is 10.5. The fourth-order valence-electron chi connectivity index (χ4n) is 2.31. The van der Waals surface area contributed by atoms with E-state index >= 15 is 0 Å². The van der Waals surface area contributed by atoms with E-state index in [0.717, 1.165) is 18.4 Å². The van der Waals surface area contributed by atoms with Crippen molar-refractivity contribution in [2.75, 3.05) is 26.1 Å². The summed E-state index contributed by atoms with van der Waals surface area (Å²) in [5.74, 6) is 0.306. The summed E-state index contributed by atoms with van der Waals surface area (Å²) in [6, 6.07) is 3.39. The monoisotopic (exact) mass is 306 g/mol. The Hall–Kier alpha value is -2.24. The smallest absolute Gasteiger partial charge is 0.313 e. The summed E-state index contributed by atoms with van der Waals surface area (Å²) < 4.78 is 10.4. The van der Waals surface area contributed by atoms with Crippen LogP contribution in [0, 0.1) is 12.8 Å². The van der Waals surface area contributed by atoms with E-state index in [1.54, 1.807) is 19.2 Å². The highest BCUT2D eigenvalue weighted by atomic mass is 16.5. The molecule has 0 saturated heterocycles. The van der Waals surface area contributed by atoms with Crippen LogP contribution in [0.3, 0.4) is 0 Å². The van der Waals surface area contributed by atoms with Gasteiger partial charge in [0.2, 0.25) is 0 Å². The van der Waals surface area contributed by atoms with Gasteiger partial charge in [0, 0.05) is 18.3 Å². The lowest BCUT2D eigenvalue weighted by atomic mass is 9.85. The van der Waals surface area contributed by atoms with Crippen molar-refractivity contribution in [2.24, 2.45) is 5.92 Å². The van der Waals surface area contributed by atoms with Crippen molar-refractivity contribution in [1.29, 1.82) is 0 Å². The van der Waals surface area contributed by atoms with Crippen LogP contribution in [0.25, 0.3) is 0 Å². The average molecular weight is 306 g/mol. The van der Waals surface area contributed by atoms with E-state index in [1.807, 2.05) is 6.92 Å². The van der Waals surface area contributed by atoms with Crippen LogP contribution in [0.1, 0.15) is 24.8 Å². The number of amides is 2. The molecule has 0 heterocycles. The Morgan fingerprint density at radius 3 is 2.32 bits per heavy atom. The summed E-state index contributed by atoms with van der Waals surface area (Å²) in [6.07, 6.45) is 3.45. The van der Waals surface area contributed by atoms with E-state index in [4.69, 9.17) is 9.47 Å². The van der Waals surface area contributed by atoms with Gasteiger partial charge in [-0.05, 0) is 37.3 Å². The molecule has 1 fully saturated rings. The first-order valence-electron chi connectivity index (χ1n) is 7.37. The van der Waals surface area contributed by atoms with Gasteiger partial charge in [-0.3, -0.25) is 9.59 Å². The van der Waals surface area contributed by atoms with Crippen molar-refractivity contribution in [3.05, 3.63) is 17.7 Å². The fraction of sp³-hybridized carbons (Fsp3) is 0.500. The average Bonchev–Trinajstić information content (AvgIpc) is 2.46. The molecule has 120 valence electrons. The second-order valence-corrected chi connectivity index (χ2v) is 5.48. The van der Waals surface area contributed by atoms with Gasteiger partial charge < -0.3 is 20.1 Å². The summed E-state index contributed by atoms with van der Waals surface area (Å²) in [7, 11) is 3.06. The van der Waals surface area contributed by atoms with Crippen LogP contribution in [-0.4, -0.2) is 32.6 Å². The number of aryl methyl sites for hydroxylation is 1. The summed E-state index contributed by atoms with van der Waals surface area (Å²) >= 11 is 0. The lowest BCUT2D eigenvalue weighted by Gasteiger charge is -2.25. The van der Waals surface area contributed by atoms with Gasteiger partial charge in [-0.2, -0.15) is 0 Å². The molecular weight excluding hydrogens is 284 g/mol. The fourth-order valence-corrected chi connectivity index (χ4v) is 2.31. The minimum absolute atomic E-state index is 0.498. The van der Waals surface area contributed by atoms with Gasteiger partial charge in [-0.15, -0.1) is 0 Å². The normalized spacial score (nSPS) is 14.0. The van der Waals surface area contributed by atoms with Gasteiger partial charge in [-0.1, -0.05) is 6.42 Å². The van der Waals surface area contributed by atoms with E-state index in [9.17, 15) is 9.59 Å². The Bertz CT molecular complexity index is 568. The van der Waals surface area contributed by atoms with Crippen molar-refractivity contribution in [3.63, 3.8) is 0 Å². The third-order valence-electron chi connectivity index (χ3n) is 3.96. The number of hydrogen-bond donors (Lipinski definition) is 2. The van der Waals surface area contributed by atoms with Crippen LogP contribution >= 0.6 is 0 Å². The predicted octanol–water partition coefficient (Wildman–Crippen LogP) is 1.87. The largest absolute Gasteiger partial charge is 0.493 e. The number of ether oxygens (including phenoxy) is 2. The molecule has 6 heteroatoms. The van der Waals surface area contributed by atoms with Gasteiger partial charge in [0.15, 0.2) is 11.5 Å². The van der Waals surface area contributed by atoms with Crippen molar-refractivity contribution in [1.82, 2.24) is 5.32 Å². The molecule has 2 amide bonds. The zero-order chi connectivity index (χ0) is 16.1. The molecule has 0 atom stereocenters. The van der Waals surface area contributed by atoms with E-state index in [0.29, 0.717) is 29.6 Å². The number of benzene rings is 1. The molecule has 0 spiro atoms. The Balaban J connectivity index is 1.99. The standard InChI is InChI=1S/C16H22N2O4/c1-10-7-13(21-2)14(22-3)8-12(10)18-16(20)15(19)17-9-11-5-4-6-11/h7-8,11H,4-6,9H2,1-3H3,(H,17,19)(H,18,20). The Labute approximate surface area is 130 Å². The highest BCUT2D eigenvalue weighted by Crippen LogP contribution is 2.32. The topological polar surface area (TPSA) is 76.7 Å². The van der Waals surface area contributed by atoms with Gasteiger partial charge in [-0.25, -0.2) is 0 Å². The lowest BCUT2D eigenvalue weighted by Crippen LogP contribution is -2.39. The number of carbonyl (C=O) groups is 2. The summed E-state index contributed by atoms with van der Waals surface area (Å²) in [6.45, 7) is 2.39. The van der Waals surface area contributed by atoms with E-state index in [-0.39, 0.29) is 0 Å². The number of methoxy groups -OCH3 is 2. The maximum Gasteiger partial charge on any atom is 0.313 e. The quantitative estimate of drug-likeness (QED) is 0.814. The van der Waals surface area contributed by atoms with Crippen LogP contribution in [0.5, 0.6) is 11.5 Å². The minimum atomic E-state index is -0.672. The summed E-state index contributed by atoms with van der Waals surface area (Å²) in [5, 5.41) is 5.28. The van der Waals surface area contributed by atoms with E-state index in [2.05, 4.69) is 10.6 Å².